The van der Waals surface area contributed by atoms with Crippen LogP contribution in [0, 0.1) is 0 Å². The lowest BCUT2D eigenvalue weighted by molar-refractivity contribution is 0.0935. The lowest BCUT2D eigenvalue weighted by atomic mass is 10.1. The van der Waals surface area contributed by atoms with E-state index < -0.39 is 0 Å². The van der Waals surface area contributed by atoms with Gasteiger partial charge in [0.05, 0.1) is 11.0 Å². The summed E-state index contributed by atoms with van der Waals surface area (Å²) >= 11 is 0. The molecule has 1 aromatic carbocycles. The van der Waals surface area contributed by atoms with Crippen LogP contribution in [0.25, 0.3) is 11.0 Å². The molecule has 2 heterocycles. The molecule has 6 heteroatoms. The third-order valence-electron chi connectivity index (χ3n) is 4.74. The molecule has 0 bridgehead atoms. The number of fused-ring (bicyclic) bond motifs is 1. The summed E-state index contributed by atoms with van der Waals surface area (Å²) in [6, 6.07) is 5.92. The lowest BCUT2D eigenvalue weighted by Crippen LogP contribution is -2.48. The Morgan fingerprint density at radius 3 is 2.62 bits per heavy atom. The van der Waals surface area contributed by atoms with Gasteiger partial charge in [0.15, 0.2) is 0 Å². The molecule has 2 aromatic rings. The van der Waals surface area contributed by atoms with E-state index in [1.807, 2.05) is 6.07 Å². The molecular weight excluding hydrogens is 302 g/mol. The minimum Gasteiger partial charge on any atom is -0.352 e. The third-order valence-corrected chi connectivity index (χ3v) is 4.74. The largest absolute Gasteiger partial charge is 0.352 e. The van der Waals surface area contributed by atoms with E-state index in [4.69, 9.17) is 0 Å². The van der Waals surface area contributed by atoms with Crippen molar-refractivity contribution in [3.05, 3.63) is 36.2 Å². The van der Waals surface area contributed by atoms with Crippen LogP contribution in [-0.2, 0) is 0 Å². The minimum absolute atomic E-state index is 0.0480. The van der Waals surface area contributed by atoms with Crippen LogP contribution in [0.15, 0.2) is 30.6 Å². The molecule has 1 fully saturated rings. The third kappa shape index (κ3) is 4.07. The van der Waals surface area contributed by atoms with Crippen LogP contribution in [0.4, 0.5) is 0 Å². The second-order valence-electron chi connectivity index (χ2n) is 6.49. The number of hydrogen-bond donors (Lipinski definition) is 1. The number of benzene rings is 1. The molecule has 1 atom stereocenters. The highest BCUT2D eigenvalue weighted by molar-refractivity contribution is 5.97. The molecule has 1 aromatic heterocycles. The van der Waals surface area contributed by atoms with Gasteiger partial charge in [0, 0.05) is 56.7 Å². The van der Waals surface area contributed by atoms with E-state index in [9.17, 15) is 4.79 Å². The number of carbonyl (C=O) groups excluding carboxylic acids is 1. The molecule has 3 rings (SSSR count). The van der Waals surface area contributed by atoms with Gasteiger partial charge in [0.2, 0.25) is 0 Å². The van der Waals surface area contributed by atoms with Crippen molar-refractivity contribution in [1.82, 2.24) is 25.1 Å². The van der Waals surface area contributed by atoms with Gasteiger partial charge < -0.3 is 10.2 Å². The molecule has 1 N–H and O–H groups in total. The SMILES string of the molecule is C[C@@H](CCNC(=O)c1ccc2nccnc2c1)N1CCN(C)CC1. The van der Waals surface area contributed by atoms with Crippen LogP contribution in [0.3, 0.4) is 0 Å². The monoisotopic (exact) mass is 327 g/mol. The first-order chi connectivity index (χ1) is 11.6. The van der Waals surface area contributed by atoms with E-state index in [2.05, 4.69) is 39.1 Å². The van der Waals surface area contributed by atoms with Crippen molar-refractivity contribution in [3.63, 3.8) is 0 Å². The average Bonchev–Trinajstić information content (AvgIpc) is 2.61. The first-order valence-electron chi connectivity index (χ1n) is 8.55. The fraction of sp³-hybridized carbons (Fsp3) is 0.500. The predicted octanol–water partition coefficient (Wildman–Crippen LogP) is 1.39. The Bertz CT molecular complexity index is 697. The fourth-order valence-electron chi connectivity index (χ4n) is 3.05. The van der Waals surface area contributed by atoms with E-state index >= 15 is 0 Å². The van der Waals surface area contributed by atoms with E-state index in [1.54, 1.807) is 24.5 Å². The van der Waals surface area contributed by atoms with E-state index in [0.717, 1.165) is 43.6 Å². The zero-order valence-electron chi connectivity index (χ0n) is 14.4. The van der Waals surface area contributed by atoms with Crippen molar-refractivity contribution in [2.75, 3.05) is 39.8 Å². The molecule has 0 spiro atoms. The van der Waals surface area contributed by atoms with Gasteiger partial charge in [-0.3, -0.25) is 19.7 Å². The van der Waals surface area contributed by atoms with Crippen molar-refractivity contribution < 1.29 is 4.79 Å². The molecule has 1 amide bonds. The van der Waals surface area contributed by atoms with Crippen LogP contribution in [0.1, 0.15) is 23.7 Å². The standard InChI is InChI=1S/C18H25N5O/c1-14(23-11-9-22(2)10-12-23)5-6-21-18(24)15-3-4-16-17(13-15)20-8-7-19-16/h3-4,7-8,13-14H,5-6,9-12H2,1-2H3,(H,21,24)/t14-/m0/s1. The molecule has 0 aliphatic carbocycles. The number of nitrogens with one attached hydrogen (secondary N) is 1. The lowest BCUT2D eigenvalue weighted by Gasteiger charge is -2.36. The molecule has 24 heavy (non-hydrogen) atoms. The van der Waals surface area contributed by atoms with Gasteiger partial charge in [0.1, 0.15) is 0 Å². The first-order valence-corrected chi connectivity index (χ1v) is 8.55. The molecule has 1 aliphatic rings. The van der Waals surface area contributed by atoms with Crippen molar-refractivity contribution in [3.8, 4) is 0 Å². The Kier molecular flexibility index (Phi) is 5.37. The zero-order valence-corrected chi connectivity index (χ0v) is 14.4. The molecule has 0 radical (unpaired) electrons. The summed E-state index contributed by atoms with van der Waals surface area (Å²) in [6.07, 6.45) is 4.26. The predicted molar refractivity (Wildman–Crippen MR) is 95.0 cm³/mol. The second-order valence-corrected chi connectivity index (χ2v) is 6.49. The minimum atomic E-state index is -0.0480. The number of carbonyl (C=O) groups is 1. The second kappa shape index (κ2) is 7.68. The zero-order chi connectivity index (χ0) is 16.9. The number of amides is 1. The highest BCUT2D eigenvalue weighted by Gasteiger charge is 2.19. The Labute approximate surface area is 142 Å². The summed E-state index contributed by atoms with van der Waals surface area (Å²) in [7, 11) is 2.16. The molecule has 0 unspecified atom stereocenters. The van der Waals surface area contributed by atoms with Crippen LogP contribution < -0.4 is 5.32 Å². The molecule has 128 valence electrons. The number of likely N-dealkylation sites (N-methyl/N-ethyl adjacent to an activating group) is 1. The number of aromatic nitrogens is 2. The van der Waals surface area contributed by atoms with Crippen LogP contribution in [-0.4, -0.2) is 71.5 Å². The van der Waals surface area contributed by atoms with Crippen molar-refractivity contribution >= 4 is 16.9 Å². The summed E-state index contributed by atoms with van der Waals surface area (Å²) in [5.74, 6) is -0.0480. The number of piperazine rings is 1. The molecule has 1 saturated heterocycles. The van der Waals surface area contributed by atoms with Gasteiger partial charge in [-0.2, -0.15) is 0 Å². The number of nitrogens with zero attached hydrogens (tertiary/aromatic N) is 4. The van der Waals surface area contributed by atoms with Crippen molar-refractivity contribution in [1.29, 1.82) is 0 Å². The molecule has 6 nitrogen and oxygen atoms in total. The maximum Gasteiger partial charge on any atom is 0.251 e. The van der Waals surface area contributed by atoms with Crippen LogP contribution >= 0.6 is 0 Å². The Hall–Kier alpha value is -2.05. The maximum atomic E-state index is 12.3. The van der Waals surface area contributed by atoms with E-state index in [0.29, 0.717) is 18.2 Å². The Morgan fingerprint density at radius 1 is 1.17 bits per heavy atom. The molecule has 0 saturated carbocycles. The number of hydrogen-bond acceptors (Lipinski definition) is 5. The summed E-state index contributed by atoms with van der Waals surface area (Å²) in [6.45, 7) is 7.38. The maximum absolute atomic E-state index is 12.3. The topological polar surface area (TPSA) is 61.4 Å². The van der Waals surface area contributed by atoms with E-state index in [1.165, 1.54) is 0 Å². The van der Waals surface area contributed by atoms with Crippen LogP contribution in [0.5, 0.6) is 0 Å². The summed E-state index contributed by atoms with van der Waals surface area (Å²) in [5, 5.41) is 3.02. The van der Waals surface area contributed by atoms with Gasteiger partial charge >= 0.3 is 0 Å². The average molecular weight is 327 g/mol. The van der Waals surface area contributed by atoms with Crippen molar-refractivity contribution in [2.24, 2.45) is 0 Å². The molecule has 1 aliphatic heterocycles. The summed E-state index contributed by atoms with van der Waals surface area (Å²) < 4.78 is 0. The fourth-order valence-corrected chi connectivity index (χ4v) is 3.05. The smallest absolute Gasteiger partial charge is 0.251 e. The normalized spacial score (nSPS) is 17.8. The van der Waals surface area contributed by atoms with Crippen molar-refractivity contribution in [2.45, 2.75) is 19.4 Å². The van der Waals surface area contributed by atoms with Gasteiger partial charge in [-0.1, -0.05) is 0 Å². The van der Waals surface area contributed by atoms with E-state index in [-0.39, 0.29) is 5.91 Å². The van der Waals surface area contributed by atoms with Crippen LogP contribution in [0.2, 0.25) is 0 Å². The summed E-state index contributed by atoms with van der Waals surface area (Å²) in [5.41, 5.74) is 2.18. The van der Waals surface area contributed by atoms with Gasteiger partial charge in [-0.25, -0.2) is 0 Å². The Morgan fingerprint density at radius 2 is 1.88 bits per heavy atom. The van der Waals surface area contributed by atoms with Gasteiger partial charge in [0.25, 0.3) is 5.91 Å². The summed E-state index contributed by atoms with van der Waals surface area (Å²) in [4.78, 5) is 25.6. The Balaban J connectivity index is 1.49. The first kappa shape index (κ1) is 16.8. The number of rotatable bonds is 5. The highest BCUT2D eigenvalue weighted by atomic mass is 16.1. The van der Waals surface area contributed by atoms with Gasteiger partial charge in [-0.05, 0) is 38.6 Å². The van der Waals surface area contributed by atoms with Gasteiger partial charge in [-0.15, -0.1) is 0 Å². The molecular formula is C18H25N5O. The highest BCUT2D eigenvalue weighted by Crippen LogP contribution is 2.11. The quantitative estimate of drug-likeness (QED) is 0.899.